The van der Waals surface area contributed by atoms with E-state index in [1.54, 1.807) is 13.8 Å². The molecule has 0 saturated heterocycles. The van der Waals surface area contributed by atoms with Crippen LogP contribution < -0.4 is 0 Å². The number of unbranched alkanes of at least 4 members (excludes halogenated alkanes) is 7. The fourth-order valence-corrected chi connectivity index (χ4v) is 1.95. The molecule has 3 nitrogen and oxygen atoms in total. The highest BCUT2D eigenvalue weighted by Gasteiger charge is 2.15. The smallest absolute Gasteiger partial charge is 0.119 e. The first-order valence-corrected chi connectivity index (χ1v) is 8.55. The van der Waals surface area contributed by atoms with Gasteiger partial charge in [0.15, 0.2) is 0 Å². The largest absolute Gasteiger partial charge is 0.697 e. The molecule has 0 saturated carbocycles. The summed E-state index contributed by atoms with van der Waals surface area (Å²) in [6.07, 6.45) is 11.5. The third-order valence-corrected chi connectivity index (χ3v) is 3.36. The summed E-state index contributed by atoms with van der Waals surface area (Å²) < 4.78 is 19.5. The number of hydrogen-bond acceptors (Lipinski definition) is 3. The van der Waals surface area contributed by atoms with Crippen molar-refractivity contribution in [2.75, 3.05) is 13.2 Å². The van der Waals surface area contributed by atoms with Crippen LogP contribution in [0.4, 0.5) is 0 Å². The Morgan fingerprint density at radius 2 is 1.00 bits per heavy atom. The van der Waals surface area contributed by atoms with Crippen LogP contribution in [0.15, 0.2) is 0 Å². The summed E-state index contributed by atoms with van der Waals surface area (Å²) in [5.41, 5.74) is 0. The van der Waals surface area contributed by atoms with Gasteiger partial charge in [0.2, 0.25) is 0 Å². The van der Waals surface area contributed by atoms with Crippen molar-refractivity contribution < 1.29 is 13.6 Å². The summed E-state index contributed by atoms with van der Waals surface area (Å²) in [6, 6.07) is 0. The van der Waals surface area contributed by atoms with Crippen LogP contribution in [-0.2, 0) is 13.6 Å². The Hall–Kier alpha value is 0.0200. The van der Waals surface area contributed by atoms with Crippen molar-refractivity contribution >= 4 is 8.25 Å². The lowest BCUT2D eigenvalue weighted by Crippen LogP contribution is -1.81. The van der Waals surface area contributed by atoms with Crippen LogP contribution in [0, 0.1) is 0 Å². The molecule has 0 unspecified atom stereocenters. The predicted octanol–water partition coefficient (Wildman–Crippen LogP) is 5.86. The van der Waals surface area contributed by atoms with Crippen molar-refractivity contribution in [2.45, 2.75) is 79.1 Å². The van der Waals surface area contributed by atoms with Crippen LogP contribution in [0.1, 0.15) is 79.1 Å². The van der Waals surface area contributed by atoms with E-state index in [0.29, 0.717) is 13.2 Å². The molecule has 4 heteroatoms. The van der Waals surface area contributed by atoms with Crippen molar-refractivity contribution in [1.29, 1.82) is 0 Å². The van der Waals surface area contributed by atoms with Gasteiger partial charge < -0.3 is 0 Å². The Bertz CT molecular complexity index is 147. The third-order valence-electron chi connectivity index (χ3n) is 2.43. The lowest BCUT2D eigenvalue weighted by atomic mass is 10.1. The van der Waals surface area contributed by atoms with E-state index in [1.165, 1.54) is 51.4 Å². The topological polar surface area (TPSA) is 35.5 Å². The molecule has 0 aromatic rings. The first-order chi connectivity index (χ1) is 8.72. The molecule has 0 heterocycles. The van der Waals surface area contributed by atoms with E-state index < -0.39 is 8.25 Å². The highest BCUT2D eigenvalue weighted by atomic mass is 31.1. The molecule has 0 aromatic carbocycles. The van der Waals surface area contributed by atoms with Gasteiger partial charge in [-0.25, -0.2) is 0 Å². The average molecular weight is 279 g/mol. The molecule has 0 aliphatic carbocycles. The van der Waals surface area contributed by atoms with E-state index in [9.17, 15) is 4.57 Å². The van der Waals surface area contributed by atoms with Gasteiger partial charge in [0.05, 0.1) is 0 Å². The minimum atomic E-state index is -1.83. The Kier molecular flexibility index (Phi) is 21.9. The first kappa shape index (κ1) is 20.3. The van der Waals surface area contributed by atoms with Gasteiger partial charge in [-0.05, 0) is 13.8 Å². The minimum absolute atomic E-state index is 0.440. The molecular weight excluding hydrogens is 247 g/mol. The summed E-state index contributed by atoms with van der Waals surface area (Å²) >= 11 is 0. The molecule has 0 N–H and O–H groups in total. The Balaban J connectivity index is 0. The fourth-order valence-electron chi connectivity index (χ4n) is 1.46. The van der Waals surface area contributed by atoms with Crippen LogP contribution in [0.5, 0.6) is 0 Å². The quantitative estimate of drug-likeness (QED) is 0.351. The van der Waals surface area contributed by atoms with Crippen LogP contribution >= 0.6 is 8.25 Å². The molecule has 0 amide bonds. The van der Waals surface area contributed by atoms with Gasteiger partial charge >= 0.3 is 8.25 Å². The molecule has 0 spiro atoms. The summed E-state index contributed by atoms with van der Waals surface area (Å²) in [5.74, 6) is 0. The molecule has 18 heavy (non-hydrogen) atoms. The third kappa shape index (κ3) is 21.3. The highest BCUT2D eigenvalue weighted by molar-refractivity contribution is 7.33. The second kappa shape index (κ2) is 19.4. The lowest BCUT2D eigenvalue weighted by Gasteiger charge is -1.97. The normalized spacial score (nSPS) is 9.78. The summed E-state index contributed by atoms with van der Waals surface area (Å²) in [6.45, 7) is 8.96. The molecular formula is C14H32O3P+. The molecule has 0 fully saturated rings. The van der Waals surface area contributed by atoms with Crippen molar-refractivity contribution in [1.82, 2.24) is 0 Å². The van der Waals surface area contributed by atoms with Gasteiger partial charge in [0.1, 0.15) is 13.2 Å². The Morgan fingerprint density at radius 3 is 1.28 bits per heavy atom. The number of hydrogen-bond donors (Lipinski definition) is 0. The first-order valence-electron chi connectivity index (χ1n) is 7.45. The van der Waals surface area contributed by atoms with E-state index in [4.69, 9.17) is 0 Å². The maximum absolute atomic E-state index is 10.3. The molecule has 0 radical (unpaired) electrons. The highest BCUT2D eigenvalue weighted by Crippen LogP contribution is 2.21. The van der Waals surface area contributed by atoms with Gasteiger partial charge in [-0.3, -0.25) is 0 Å². The van der Waals surface area contributed by atoms with E-state index in [2.05, 4.69) is 22.9 Å². The van der Waals surface area contributed by atoms with Crippen LogP contribution in [0.2, 0.25) is 0 Å². The van der Waals surface area contributed by atoms with E-state index in [1.807, 2.05) is 0 Å². The van der Waals surface area contributed by atoms with E-state index in [0.717, 1.165) is 0 Å². The van der Waals surface area contributed by atoms with Crippen molar-refractivity contribution in [3.8, 4) is 0 Å². The van der Waals surface area contributed by atoms with E-state index in [-0.39, 0.29) is 0 Å². The second-order valence-electron chi connectivity index (χ2n) is 4.18. The monoisotopic (exact) mass is 279 g/mol. The molecule has 0 atom stereocenters. The average Bonchev–Trinajstić information content (AvgIpc) is 2.35. The Labute approximate surface area is 115 Å². The minimum Gasteiger partial charge on any atom is -0.119 e. The Morgan fingerprint density at radius 1 is 0.667 bits per heavy atom. The molecule has 0 aromatic heterocycles. The van der Waals surface area contributed by atoms with Crippen molar-refractivity contribution in [3.05, 3.63) is 0 Å². The van der Waals surface area contributed by atoms with Crippen LogP contribution in [-0.4, -0.2) is 13.2 Å². The molecule has 0 aliphatic rings. The van der Waals surface area contributed by atoms with Gasteiger partial charge in [-0.1, -0.05) is 65.2 Å². The van der Waals surface area contributed by atoms with Gasteiger partial charge in [-0.15, -0.1) is 9.05 Å². The number of rotatable bonds is 11. The lowest BCUT2D eigenvalue weighted by molar-refractivity contribution is 0.243. The molecule has 110 valence electrons. The molecule has 0 bridgehead atoms. The second-order valence-corrected chi connectivity index (χ2v) is 5.14. The standard InChI is InChI=1S/C10H22.C4H10O3P/c1-3-5-7-9-10-8-6-4-2;1-3-6-8(5)7-4-2/h3-10H2,1-2H3;3-4H2,1-2H3/q;+1. The zero-order valence-electron chi connectivity index (χ0n) is 12.7. The predicted molar refractivity (Wildman–Crippen MR) is 79.1 cm³/mol. The maximum Gasteiger partial charge on any atom is 0.697 e. The van der Waals surface area contributed by atoms with Gasteiger partial charge in [-0.2, -0.15) is 0 Å². The van der Waals surface area contributed by atoms with Crippen LogP contribution in [0.25, 0.3) is 0 Å². The van der Waals surface area contributed by atoms with Gasteiger partial charge in [0, 0.05) is 4.57 Å². The summed E-state index contributed by atoms with van der Waals surface area (Å²) in [4.78, 5) is 0. The molecule has 0 aliphatic heterocycles. The summed E-state index contributed by atoms with van der Waals surface area (Å²) in [5, 5.41) is 0. The van der Waals surface area contributed by atoms with Crippen molar-refractivity contribution in [2.24, 2.45) is 0 Å². The van der Waals surface area contributed by atoms with Gasteiger partial charge in [0.25, 0.3) is 0 Å². The zero-order valence-corrected chi connectivity index (χ0v) is 13.6. The van der Waals surface area contributed by atoms with Crippen LogP contribution in [0.3, 0.4) is 0 Å². The summed E-state index contributed by atoms with van der Waals surface area (Å²) in [7, 11) is -1.83. The SMILES string of the molecule is CCCCCCCCCC.CCO[P+](=O)OCC. The zero-order chi connectivity index (χ0) is 14.1. The van der Waals surface area contributed by atoms with E-state index >= 15 is 0 Å². The van der Waals surface area contributed by atoms with Crippen molar-refractivity contribution in [3.63, 3.8) is 0 Å². The molecule has 0 rings (SSSR count). The maximum atomic E-state index is 10.3. The fraction of sp³-hybridized carbons (Fsp3) is 1.00.